The molecule has 0 saturated carbocycles. The van der Waals surface area contributed by atoms with Crippen molar-refractivity contribution in [3.63, 3.8) is 0 Å². The van der Waals surface area contributed by atoms with E-state index >= 15 is 0 Å². The van der Waals surface area contributed by atoms with Crippen molar-refractivity contribution in [2.75, 3.05) is 19.6 Å². The Morgan fingerprint density at radius 3 is 2.66 bits per heavy atom. The quantitative estimate of drug-likeness (QED) is 0.351. The summed E-state index contributed by atoms with van der Waals surface area (Å²) >= 11 is 12.3. The van der Waals surface area contributed by atoms with E-state index in [0.29, 0.717) is 37.5 Å². The van der Waals surface area contributed by atoms with Crippen molar-refractivity contribution in [1.82, 2.24) is 20.5 Å². The van der Waals surface area contributed by atoms with Crippen molar-refractivity contribution in [2.24, 2.45) is 5.10 Å². The van der Waals surface area contributed by atoms with Crippen molar-refractivity contribution in [3.05, 3.63) is 69.7 Å². The molecule has 2 N–H and O–H groups in total. The van der Waals surface area contributed by atoms with Crippen molar-refractivity contribution < 1.29 is 4.79 Å². The molecule has 1 fully saturated rings. The normalized spacial score (nSPS) is 19.1. The number of hydrogen-bond acceptors (Lipinski definition) is 6. The van der Waals surface area contributed by atoms with Gasteiger partial charge in [0.1, 0.15) is 0 Å². The van der Waals surface area contributed by atoms with Crippen molar-refractivity contribution in [3.8, 4) is 6.19 Å². The lowest BCUT2D eigenvalue weighted by Gasteiger charge is -2.29. The number of hydrazone groups is 1. The predicted octanol–water partition coefficient (Wildman–Crippen LogP) is 3.19. The van der Waals surface area contributed by atoms with E-state index in [1.807, 2.05) is 59.6 Å². The number of amides is 1. The van der Waals surface area contributed by atoms with Crippen LogP contribution in [0.2, 0.25) is 10.0 Å². The van der Waals surface area contributed by atoms with Gasteiger partial charge in [0.2, 0.25) is 5.91 Å². The molecule has 0 aliphatic carbocycles. The molecule has 0 bridgehead atoms. The maximum absolute atomic E-state index is 12.5. The molecule has 1 saturated heterocycles. The SMILES string of the molecule is N#CNC(NCCc1ccccc1Cl)N1CC(N2CCCC2=O)C(c2ccc(Cl)cc2)=N1. The highest BCUT2D eigenvalue weighted by atomic mass is 35.5. The summed E-state index contributed by atoms with van der Waals surface area (Å²) in [6, 6.07) is 15.0. The van der Waals surface area contributed by atoms with Gasteiger partial charge >= 0.3 is 0 Å². The molecule has 32 heavy (non-hydrogen) atoms. The van der Waals surface area contributed by atoms with E-state index < -0.39 is 6.29 Å². The lowest BCUT2D eigenvalue weighted by molar-refractivity contribution is -0.128. The van der Waals surface area contributed by atoms with Crippen LogP contribution in [0.25, 0.3) is 0 Å². The second-order valence-electron chi connectivity index (χ2n) is 7.77. The molecule has 7 nitrogen and oxygen atoms in total. The van der Waals surface area contributed by atoms with Gasteiger partial charge < -0.3 is 4.90 Å². The molecule has 2 heterocycles. The van der Waals surface area contributed by atoms with Crippen LogP contribution in [0.5, 0.6) is 0 Å². The molecule has 2 aliphatic rings. The zero-order chi connectivity index (χ0) is 22.5. The zero-order valence-corrected chi connectivity index (χ0v) is 19.0. The van der Waals surface area contributed by atoms with E-state index in [1.54, 1.807) is 5.01 Å². The van der Waals surface area contributed by atoms with Crippen LogP contribution in [-0.4, -0.2) is 53.5 Å². The fourth-order valence-corrected chi connectivity index (χ4v) is 4.48. The summed E-state index contributed by atoms with van der Waals surface area (Å²) in [5, 5.41) is 23.4. The Labute approximate surface area is 197 Å². The third kappa shape index (κ3) is 4.99. The van der Waals surface area contributed by atoms with Gasteiger partial charge in [-0.15, -0.1) is 0 Å². The van der Waals surface area contributed by atoms with Gasteiger partial charge in [0.15, 0.2) is 12.5 Å². The van der Waals surface area contributed by atoms with E-state index in [4.69, 9.17) is 28.3 Å². The second kappa shape index (κ2) is 10.2. The van der Waals surface area contributed by atoms with Crippen LogP contribution in [0.3, 0.4) is 0 Å². The third-order valence-electron chi connectivity index (χ3n) is 5.73. The molecule has 2 aromatic rings. The maximum Gasteiger partial charge on any atom is 0.223 e. The van der Waals surface area contributed by atoms with Gasteiger partial charge in [-0.3, -0.25) is 20.4 Å². The Balaban J connectivity index is 1.52. The minimum Gasteiger partial charge on any atom is -0.332 e. The van der Waals surface area contributed by atoms with Crippen molar-refractivity contribution >= 4 is 34.8 Å². The van der Waals surface area contributed by atoms with Crippen LogP contribution in [0.1, 0.15) is 24.0 Å². The number of carbonyl (C=O) groups excluding carboxylic acids is 1. The Morgan fingerprint density at radius 1 is 1.19 bits per heavy atom. The molecule has 2 aromatic carbocycles. The Bertz CT molecular complexity index is 1040. The lowest BCUT2D eigenvalue weighted by atomic mass is 10.0. The van der Waals surface area contributed by atoms with E-state index in [-0.39, 0.29) is 11.9 Å². The molecule has 2 unspecified atom stereocenters. The van der Waals surface area contributed by atoms with Crippen molar-refractivity contribution in [2.45, 2.75) is 31.6 Å². The summed E-state index contributed by atoms with van der Waals surface area (Å²) < 4.78 is 0. The van der Waals surface area contributed by atoms with Gasteiger partial charge in [-0.25, -0.2) is 0 Å². The highest BCUT2D eigenvalue weighted by Crippen LogP contribution is 2.25. The number of benzene rings is 2. The highest BCUT2D eigenvalue weighted by molar-refractivity contribution is 6.31. The summed E-state index contributed by atoms with van der Waals surface area (Å²) in [5.41, 5.74) is 2.74. The maximum atomic E-state index is 12.5. The first-order chi connectivity index (χ1) is 15.6. The summed E-state index contributed by atoms with van der Waals surface area (Å²) in [4.78, 5) is 14.4. The molecule has 166 valence electrons. The lowest BCUT2D eigenvalue weighted by Crippen LogP contribution is -2.53. The Morgan fingerprint density at radius 2 is 1.97 bits per heavy atom. The molecule has 0 spiro atoms. The fourth-order valence-electron chi connectivity index (χ4n) is 4.12. The van der Waals surface area contributed by atoms with Crippen LogP contribution in [0, 0.1) is 11.5 Å². The van der Waals surface area contributed by atoms with Gasteiger partial charge in [-0.05, 0) is 36.6 Å². The predicted molar refractivity (Wildman–Crippen MR) is 125 cm³/mol. The first-order valence-electron chi connectivity index (χ1n) is 10.6. The smallest absolute Gasteiger partial charge is 0.223 e. The molecule has 2 atom stereocenters. The molecule has 2 aliphatic heterocycles. The van der Waals surface area contributed by atoms with Crippen LogP contribution >= 0.6 is 23.2 Å². The summed E-state index contributed by atoms with van der Waals surface area (Å²) in [5.74, 6) is 0.134. The molecule has 9 heteroatoms. The van der Waals surface area contributed by atoms with Crippen LogP contribution < -0.4 is 10.6 Å². The van der Waals surface area contributed by atoms with Crippen LogP contribution in [0.15, 0.2) is 53.6 Å². The minimum atomic E-state index is -0.507. The molecular formula is C23H24Cl2N6O. The number of halogens is 2. The Hall–Kier alpha value is -2.79. The number of likely N-dealkylation sites (tertiary alicyclic amines) is 1. The highest BCUT2D eigenvalue weighted by Gasteiger charge is 2.39. The van der Waals surface area contributed by atoms with Gasteiger partial charge in [0, 0.05) is 35.1 Å². The van der Waals surface area contributed by atoms with Crippen LogP contribution in [-0.2, 0) is 11.2 Å². The summed E-state index contributed by atoms with van der Waals surface area (Å²) in [6.45, 7) is 1.79. The van der Waals surface area contributed by atoms with Gasteiger partial charge in [-0.2, -0.15) is 10.4 Å². The number of nitrogens with one attached hydrogen (secondary N) is 2. The summed E-state index contributed by atoms with van der Waals surface area (Å²) in [6.07, 6.45) is 3.62. The molecular weight excluding hydrogens is 447 g/mol. The number of nitrogens with zero attached hydrogens (tertiary/aromatic N) is 4. The number of hydrogen-bond donors (Lipinski definition) is 2. The topological polar surface area (TPSA) is 83.8 Å². The average molecular weight is 471 g/mol. The van der Waals surface area contributed by atoms with E-state index in [1.165, 1.54) is 0 Å². The number of carbonyl (C=O) groups is 1. The standard InChI is InChI=1S/C23H24Cl2N6O/c24-18-9-7-17(8-10-18)22-20(30-13-3-6-21(30)32)14-31(29-22)23(28-15-26)27-12-11-16-4-1-2-5-19(16)25/h1-2,4-5,7-10,20,23,27-28H,3,6,11-14H2. The summed E-state index contributed by atoms with van der Waals surface area (Å²) in [7, 11) is 0. The van der Waals surface area contributed by atoms with E-state index in [9.17, 15) is 10.1 Å². The van der Waals surface area contributed by atoms with E-state index in [0.717, 1.165) is 28.3 Å². The fraction of sp³-hybridized carbons (Fsp3) is 0.348. The van der Waals surface area contributed by atoms with Gasteiger partial charge in [0.05, 0.1) is 18.3 Å². The zero-order valence-electron chi connectivity index (χ0n) is 17.5. The first kappa shape index (κ1) is 22.4. The minimum absolute atomic E-state index is 0.134. The third-order valence-corrected chi connectivity index (χ3v) is 6.35. The van der Waals surface area contributed by atoms with Crippen LogP contribution in [0.4, 0.5) is 0 Å². The van der Waals surface area contributed by atoms with Crippen molar-refractivity contribution in [1.29, 1.82) is 5.26 Å². The molecule has 0 radical (unpaired) electrons. The van der Waals surface area contributed by atoms with Gasteiger partial charge in [-0.1, -0.05) is 53.5 Å². The first-order valence-corrected chi connectivity index (χ1v) is 11.3. The molecule has 4 rings (SSSR count). The number of rotatable bonds is 8. The molecule has 0 aromatic heterocycles. The second-order valence-corrected chi connectivity index (χ2v) is 8.62. The largest absolute Gasteiger partial charge is 0.332 e. The monoisotopic (exact) mass is 470 g/mol. The van der Waals surface area contributed by atoms with Gasteiger partial charge in [0.25, 0.3) is 0 Å². The molecule has 1 amide bonds. The average Bonchev–Trinajstić information content (AvgIpc) is 3.41. The van der Waals surface area contributed by atoms with E-state index in [2.05, 4.69) is 10.6 Å². The Kier molecular flexibility index (Phi) is 7.15. The number of nitriles is 1.